The average Bonchev–Trinajstić information content (AvgIpc) is 2.05. The van der Waals surface area contributed by atoms with Gasteiger partial charge in [-0.3, -0.25) is 0 Å². The lowest BCUT2D eigenvalue weighted by Gasteiger charge is -2.13. The molecule has 0 N–H and O–H groups in total. The van der Waals surface area contributed by atoms with Crippen molar-refractivity contribution in [2.45, 2.75) is 5.75 Å². The summed E-state index contributed by atoms with van der Waals surface area (Å²) in [5.41, 5.74) is 2.92. The molecule has 0 spiro atoms. The third-order valence-corrected chi connectivity index (χ3v) is 2.65. The largest absolute Gasteiger partial charge is 0.157 e. The zero-order valence-corrected chi connectivity index (χ0v) is 6.53. The molecule has 0 atom stereocenters. The van der Waals surface area contributed by atoms with Crippen LogP contribution in [0.15, 0.2) is 24.3 Å². The van der Waals surface area contributed by atoms with Crippen molar-refractivity contribution in [2.24, 2.45) is 0 Å². The van der Waals surface area contributed by atoms with Crippen molar-refractivity contribution in [3.05, 3.63) is 41.8 Å². The van der Waals surface area contributed by atoms with E-state index in [0.29, 0.717) is 0 Å². The van der Waals surface area contributed by atoms with E-state index in [4.69, 9.17) is 0 Å². The maximum Gasteiger partial charge on any atom is 0.0187 e. The standard InChI is InChI=1S/C9H9S/c1-2-4-9-7-10-6-5-8(9)3-1/h1-5H,6-7H2. The van der Waals surface area contributed by atoms with E-state index in [-0.39, 0.29) is 0 Å². The van der Waals surface area contributed by atoms with Crippen molar-refractivity contribution in [3.63, 3.8) is 0 Å². The van der Waals surface area contributed by atoms with Gasteiger partial charge in [-0.1, -0.05) is 24.3 Å². The number of hydrogen-bond acceptors (Lipinski definition) is 1. The highest BCUT2D eigenvalue weighted by atomic mass is 32.2. The van der Waals surface area contributed by atoms with Crippen LogP contribution in [0.25, 0.3) is 0 Å². The second-order valence-electron chi connectivity index (χ2n) is 2.42. The maximum atomic E-state index is 2.30. The van der Waals surface area contributed by atoms with E-state index >= 15 is 0 Å². The summed E-state index contributed by atoms with van der Waals surface area (Å²) >= 11 is 1.98. The summed E-state index contributed by atoms with van der Waals surface area (Å²) in [5.74, 6) is 2.36. The van der Waals surface area contributed by atoms with Crippen molar-refractivity contribution in [1.82, 2.24) is 0 Å². The summed E-state index contributed by atoms with van der Waals surface area (Å²) in [7, 11) is 0. The van der Waals surface area contributed by atoms with E-state index in [1.807, 2.05) is 11.8 Å². The first-order valence-corrected chi connectivity index (χ1v) is 4.61. The van der Waals surface area contributed by atoms with Crippen LogP contribution in [0.3, 0.4) is 0 Å². The molecule has 0 aromatic heterocycles. The summed E-state index contributed by atoms with van der Waals surface area (Å²) in [6, 6.07) is 8.61. The molecule has 0 bridgehead atoms. The number of rotatable bonds is 0. The van der Waals surface area contributed by atoms with Gasteiger partial charge in [-0.15, -0.1) is 0 Å². The molecular weight excluding hydrogens is 140 g/mol. The first-order chi connectivity index (χ1) is 4.97. The predicted octanol–water partition coefficient (Wildman–Crippen LogP) is 2.49. The second kappa shape index (κ2) is 2.67. The van der Waals surface area contributed by atoms with E-state index in [9.17, 15) is 0 Å². The van der Waals surface area contributed by atoms with Gasteiger partial charge in [0.2, 0.25) is 0 Å². The van der Waals surface area contributed by atoms with E-state index in [1.165, 1.54) is 22.6 Å². The van der Waals surface area contributed by atoms with Crippen LogP contribution >= 0.6 is 11.8 Å². The molecule has 0 aliphatic carbocycles. The van der Waals surface area contributed by atoms with Crippen molar-refractivity contribution < 1.29 is 0 Å². The minimum atomic E-state index is 1.18. The molecule has 10 heavy (non-hydrogen) atoms. The third kappa shape index (κ3) is 1.06. The van der Waals surface area contributed by atoms with Crippen LogP contribution in [0.5, 0.6) is 0 Å². The third-order valence-electron chi connectivity index (χ3n) is 1.73. The summed E-state index contributed by atoms with van der Waals surface area (Å²) < 4.78 is 0. The van der Waals surface area contributed by atoms with E-state index < -0.39 is 0 Å². The molecule has 0 saturated carbocycles. The number of hydrogen-bond donors (Lipinski definition) is 0. The summed E-state index contributed by atoms with van der Waals surface area (Å²) in [6.45, 7) is 0. The lowest BCUT2D eigenvalue weighted by molar-refractivity contribution is 1.27. The van der Waals surface area contributed by atoms with Gasteiger partial charge in [0.05, 0.1) is 0 Å². The van der Waals surface area contributed by atoms with Crippen molar-refractivity contribution in [3.8, 4) is 0 Å². The van der Waals surface area contributed by atoms with Gasteiger partial charge in [0.15, 0.2) is 0 Å². The molecule has 0 fully saturated rings. The molecule has 1 aromatic carbocycles. The molecule has 0 amide bonds. The van der Waals surface area contributed by atoms with Gasteiger partial charge in [-0.05, 0) is 11.1 Å². The van der Waals surface area contributed by atoms with Crippen LogP contribution < -0.4 is 0 Å². The monoisotopic (exact) mass is 149 g/mol. The number of thioether (sulfide) groups is 1. The highest BCUT2D eigenvalue weighted by molar-refractivity contribution is 7.98. The highest BCUT2D eigenvalue weighted by Crippen LogP contribution is 2.24. The van der Waals surface area contributed by atoms with Gasteiger partial charge in [0.1, 0.15) is 0 Å². The summed E-state index contributed by atoms with van der Waals surface area (Å²) in [5, 5.41) is 0. The molecule has 1 radical (unpaired) electrons. The molecule has 0 unspecified atom stereocenters. The van der Waals surface area contributed by atoms with Crippen LogP contribution in [0.4, 0.5) is 0 Å². The Balaban J connectivity index is 2.41. The minimum Gasteiger partial charge on any atom is -0.157 e. The molecule has 2 rings (SSSR count). The lowest BCUT2D eigenvalue weighted by atomic mass is 10.1. The Labute approximate surface area is 65.6 Å². The zero-order valence-electron chi connectivity index (χ0n) is 5.71. The maximum absolute atomic E-state index is 2.30. The second-order valence-corrected chi connectivity index (χ2v) is 3.45. The molecule has 1 aliphatic rings. The Morgan fingerprint density at radius 3 is 3.00 bits per heavy atom. The molecule has 0 nitrogen and oxygen atoms in total. The molecule has 1 heterocycles. The van der Waals surface area contributed by atoms with E-state index in [2.05, 4.69) is 30.7 Å². The van der Waals surface area contributed by atoms with Crippen LogP contribution in [-0.4, -0.2) is 5.75 Å². The number of benzene rings is 1. The Kier molecular flexibility index (Phi) is 1.68. The molecule has 1 heteroatoms. The summed E-state index contributed by atoms with van der Waals surface area (Å²) in [6.07, 6.45) is 2.30. The highest BCUT2D eigenvalue weighted by Gasteiger charge is 2.06. The lowest BCUT2D eigenvalue weighted by Crippen LogP contribution is -1.98. The van der Waals surface area contributed by atoms with Crippen molar-refractivity contribution in [2.75, 3.05) is 5.75 Å². The average molecular weight is 149 g/mol. The topological polar surface area (TPSA) is 0 Å². The SMILES string of the molecule is [CH]1CSCc2ccccc21. The van der Waals surface area contributed by atoms with Crippen LogP contribution in [0.2, 0.25) is 0 Å². The molecule has 1 aromatic rings. The fraction of sp³-hybridized carbons (Fsp3) is 0.222. The van der Waals surface area contributed by atoms with Crippen LogP contribution in [-0.2, 0) is 5.75 Å². The normalized spacial score (nSPS) is 16.4. The predicted molar refractivity (Wildman–Crippen MR) is 46.0 cm³/mol. The Morgan fingerprint density at radius 1 is 1.20 bits per heavy atom. The Morgan fingerprint density at radius 2 is 2.10 bits per heavy atom. The van der Waals surface area contributed by atoms with Crippen molar-refractivity contribution in [1.29, 1.82) is 0 Å². The Hall–Kier alpha value is -0.430. The quantitative estimate of drug-likeness (QED) is 0.546. The van der Waals surface area contributed by atoms with Crippen LogP contribution in [0, 0.1) is 6.42 Å². The molecule has 1 aliphatic heterocycles. The van der Waals surface area contributed by atoms with Gasteiger partial charge in [0.25, 0.3) is 0 Å². The molecule has 0 saturated heterocycles. The molecular formula is C9H9S. The van der Waals surface area contributed by atoms with Gasteiger partial charge < -0.3 is 0 Å². The van der Waals surface area contributed by atoms with Gasteiger partial charge in [-0.2, -0.15) is 11.8 Å². The molecule has 51 valence electrons. The summed E-state index contributed by atoms with van der Waals surface area (Å²) in [4.78, 5) is 0. The fourth-order valence-corrected chi connectivity index (χ4v) is 2.08. The van der Waals surface area contributed by atoms with Gasteiger partial charge in [0, 0.05) is 17.9 Å². The van der Waals surface area contributed by atoms with E-state index in [0.717, 1.165) is 0 Å². The minimum absolute atomic E-state index is 1.18. The number of fused-ring (bicyclic) bond motifs is 1. The zero-order chi connectivity index (χ0) is 6.81. The first kappa shape index (κ1) is 6.29. The fourth-order valence-electron chi connectivity index (χ4n) is 1.18. The van der Waals surface area contributed by atoms with E-state index in [1.54, 1.807) is 0 Å². The Bertz CT molecular complexity index is 205. The van der Waals surface area contributed by atoms with Gasteiger partial charge >= 0.3 is 0 Å². The first-order valence-electron chi connectivity index (χ1n) is 3.46. The van der Waals surface area contributed by atoms with Crippen LogP contribution in [0.1, 0.15) is 11.1 Å². The smallest absolute Gasteiger partial charge is 0.0187 e. The van der Waals surface area contributed by atoms with Gasteiger partial charge in [-0.25, -0.2) is 0 Å². The van der Waals surface area contributed by atoms with Crippen molar-refractivity contribution >= 4 is 11.8 Å².